The molecule has 1 atom stereocenters. The summed E-state index contributed by atoms with van der Waals surface area (Å²) in [5.41, 5.74) is 2.79. The molecule has 2 aromatic rings. The van der Waals surface area contributed by atoms with Crippen LogP contribution in [-0.4, -0.2) is 46.9 Å². The molecule has 1 saturated heterocycles. The molecule has 3 N–H and O–H groups in total. The van der Waals surface area contributed by atoms with Crippen LogP contribution in [0.5, 0.6) is 0 Å². The Hall–Kier alpha value is -2.25. The van der Waals surface area contributed by atoms with Crippen molar-refractivity contribution in [3.05, 3.63) is 54.6 Å². The Bertz CT molecular complexity index is 778. The average Bonchev–Trinajstić information content (AvgIpc) is 2.61. The molecule has 0 aliphatic carbocycles. The topological polar surface area (TPSA) is 73.5 Å². The average molecular weight is 360 g/mol. The van der Waals surface area contributed by atoms with Crippen LogP contribution >= 0.6 is 0 Å². The zero-order chi connectivity index (χ0) is 17.7. The van der Waals surface area contributed by atoms with Gasteiger partial charge in [-0.25, -0.2) is 8.42 Å². The number of anilines is 3. The molecule has 2 aromatic carbocycles. The third-order valence-corrected chi connectivity index (χ3v) is 4.72. The van der Waals surface area contributed by atoms with E-state index in [1.165, 1.54) is 5.69 Å². The zero-order valence-electron chi connectivity index (χ0n) is 14.3. The Morgan fingerprint density at radius 1 is 1.08 bits per heavy atom. The lowest BCUT2D eigenvalue weighted by molar-refractivity contribution is 0.471. The predicted octanol–water partition coefficient (Wildman–Crippen LogP) is 1.95. The van der Waals surface area contributed by atoms with Crippen LogP contribution in [0.4, 0.5) is 17.1 Å². The quantitative estimate of drug-likeness (QED) is 0.734. The van der Waals surface area contributed by atoms with Crippen molar-refractivity contribution < 1.29 is 8.42 Å². The second kappa shape index (κ2) is 7.76. The van der Waals surface area contributed by atoms with Crippen molar-refractivity contribution in [3.63, 3.8) is 0 Å². The highest BCUT2D eigenvalue weighted by atomic mass is 32.2. The maximum Gasteiger partial charge on any atom is 0.229 e. The fraction of sp³-hybridized carbons (Fsp3) is 0.333. The fourth-order valence-corrected chi connectivity index (χ4v) is 3.51. The molecule has 0 bridgehead atoms. The number of rotatable bonds is 6. The molecule has 6 nitrogen and oxygen atoms in total. The number of benzene rings is 2. The van der Waals surface area contributed by atoms with Gasteiger partial charge in [0.25, 0.3) is 0 Å². The van der Waals surface area contributed by atoms with Gasteiger partial charge in [0.2, 0.25) is 10.0 Å². The largest absolute Gasteiger partial charge is 0.383 e. The van der Waals surface area contributed by atoms with Crippen LogP contribution in [0.2, 0.25) is 0 Å². The van der Waals surface area contributed by atoms with E-state index in [9.17, 15) is 8.42 Å². The molecular formula is C18H24N4O2S. The van der Waals surface area contributed by atoms with Crippen molar-refractivity contribution in [2.24, 2.45) is 0 Å². The van der Waals surface area contributed by atoms with Gasteiger partial charge >= 0.3 is 0 Å². The molecule has 1 heterocycles. The number of piperazine rings is 1. The van der Waals surface area contributed by atoms with E-state index in [1.54, 1.807) is 12.1 Å². The van der Waals surface area contributed by atoms with Gasteiger partial charge in [0.1, 0.15) is 0 Å². The van der Waals surface area contributed by atoms with Crippen LogP contribution in [0.25, 0.3) is 0 Å². The number of para-hydroxylation sites is 1. The van der Waals surface area contributed by atoms with Crippen molar-refractivity contribution in [2.75, 3.05) is 47.4 Å². The molecule has 1 aliphatic rings. The minimum atomic E-state index is -3.24. The highest BCUT2D eigenvalue weighted by Gasteiger charge is 2.19. The van der Waals surface area contributed by atoms with E-state index in [4.69, 9.17) is 0 Å². The van der Waals surface area contributed by atoms with Gasteiger partial charge < -0.3 is 15.5 Å². The standard InChI is InChI=1S/C18H24N4O2S/c1-25(23,24)21-16-9-7-15(8-10-16)20-13-17-14-22(12-11-19-17)18-5-3-2-4-6-18/h2-10,17,19-21H,11-14H2,1H3. The smallest absolute Gasteiger partial charge is 0.229 e. The summed E-state index contributed by atoms with van der Waals surface area (Å²) in [6, 6.07) is 18.1. The summed E-state index contributed by atoms with van der Waals surface area (Å²) < 4.78 is 24.9. The molecule has 0 radical (unpaired) electrons. The van der Waals surface area contributed by atoms with E-state index in [-0.39, 0.29) is 0 Å². The maximum atomic E-state index is 11.2. The molecule has 0 aromatic heterocycles. The molecule has 3 rings (SSSR count). The third-order valence-electron chi connectivity index (χ3n) is 4.12. The number of nitrogens with one attached hydrogen (secondary N) is 3. The van der Waals surface area contributed by atoms with Gasteiger partial charge in [0.05, 0.1) is 6.26 Å². The molecule has 0 amide bonds. The van der Waals surface area contributed by atoms with Crippen LogP contribution in [0.3, 0.4) is 0 Å². The Morgan fingerprint density at radius 2 is 1.76 bits per heavy atom. The van der Waals surface area contributed by atoms with E-state index in [2.05, 4.69) is 44.5 Å². The first kappa shape index (κ1) is 17.6. The lowest BCUT2D eigenvalue weighted by atomic mass is 10.1. The second-order valence-corrected chi connectivity index (χ2v) is 8.01. The zero-order valence-corrected chi connectivity index (χ0v) is 15.1. The lowest BCUT2D eigenvalue weighted by Gasteiger charge is -2.35. The van der Waals surface area contributed by atoms with Gasteiger partial charge in [-0.1, -0.05) is 18.2 Å². The van der Waals surface area contributed by atoms with Crippen molar-refractivity contribution in [1.82, 2.24) is 5.32 Å². The maximum absolute atomic E-state index is 11.2. The third kappa shape index (κ3) is 5.37. The van der Waals surface area contributed by atoms with Crippen molar-refractivity contribution >= 4 is 27.1 Å². The van der Waals surface area contributed by atoms with Crippen LogP contribution in [-0.2, 0) is 10.0 Å². The molecular weight excluding hydrogens is 336 g/mol. The summed E-state index contributed by atoms with van der Waals surface area (Å²) in [5.74, 6) is 0. The molecule has 1 fully saturated rings. The van der Waals surface area contributed by atoms with Gasteiger partial charge in [0.15, 0.2) is 0 Å². The minimum absolute atomic E-state index is 0.350. The summed E-state index contributed by atoms with van der Waals surface area (Å²) in [7, 11) is -3.24. The van der Waals surface area contributed by atoms with Gasteiger partial charge in [0, 0.05) is 49.3 Å². The van der Waals surface area contributed by atoms with Crippen LogP contribution in [0.15, 0.2) is 54.6 Å². The monoisotopic (exact) mass is 360 g/mol. The van der Waals surface area contributed by atoms with Crippen molar-refractivity contribution in [2.45, 2.75) is 6.04 Å². The second-order valence-electron chi connectivity index (χ2n) is 6.27. The Morgan fingerprint density at radius 3 is 2.44 bits per heavy atom. The highest BCUT2D eigenvalue weighted by Crippen LogP contribution is 2.17. The summed E-state index contributed by atoms with van der Waals surface area (Å²) in [5, 5.41) is 6.95. The van der Waals surface area contributed by atoms with E-state index < -0.39 is 10.0 Å². The Balaban J connectivity index is 1.53. The molecule has 1 unspecified atom stereocenters. The van der Waals surface area contributed by atoms with Gasteiger partial charge in [-0.15, -0.1) is 0 Å². The van der Waals surface area contributed by atoms with Crippen molar-refractivity contribution in [3.8, 4) is 0 Å². The highest BCUT2D eigenvalue weighted by molar-refractivity contribution is 7.92. The van der Waals surface area contributed by atoms with Gasteiger partial charge in [-0.3, -0.25) is 4.72 Å². The van der Waals surface area contributed by atoms with E-state index >= 15 is 0 Å². The molecule has 0 spiro atoms. The van der Waals surface area contributed by atoms with Crippen molar-refractivity contribution in [1.29, 1.82) is 0 Å². The van der Waals surface area contributed by atoms with E-state index in [1.807, 2.05) is 18.2 Å². The molecule has 25 heavy (non-hydrogen) atoms. The summed E-state index contributed by atoms with van der Waals surface area (Å²) in [4.78, 5) is 2.39. The molecule has 7 heteroatoms. The lowest BCUT2D eigenvalue weighted by Crippen LogP contribution is -2.53. The first-order valence-electron chi connectivity index (χ1n) is 8.35. The summed E-state index contributed by atoms with van der Waals surface area (Å²) in [6.07, 6.45) is 1.15. The van der Waals surface area contributed by atoms with E-state index in [0.717, 1.165) is 38.1 Å². The fourth-order valence-electron chi connectivity index (χ4n) is 2.95. The van der Waals surface area contributed by atoms with Gasteiger partial charge in [-0.05, 0) is 36.4 Å². The summed E-state index contributed by atoms with van der Waals surface area (Å²) >= 11 is 0. The Kier molecular flexibility index (Phi) is 5.45. The predicted molar refractivity (Wildman–Crippen MR) is 104 cm³/mol. The van der Waals surface area contributed by atoms with Crippen LogP contribution in [0, 0.1) is 0 Å². The first-order chi connectivity index (χ1) is 12.0. The molecule has 1 aliphatic heterocycles. The van der Waals surface area contributed by atoms with Crippen LogP contribution < -0.4 is 20.3 Å². The molecule has 134 valence electrons. The summed E-state index contributed by atoms with van der Waals surface area (Å²) in [6.45, 7) is 3.72. The number of hydrogen-bond acceptors (Lipinski definition) is 5. The number of nitrogens with zero attached hydrogens (tertiary/aromatic N) is 1. The Labute approximate surface area is 149 Å². The molecule has 0 saturated carbocycles. The SMILES string of the molecule is CS(=O)(=O)Nc1ccc(NCC2CN(c3ccccc3)CCN2)cc1. The van der Waals surface area contributed by atoms with Crippen LogP contribution in [0.1, 0.15) is 0 Å². The van der Waals surface area contributed by atoms with Gasteiger partial charge in [-0.2, -0.15) is 0 Å². The minimum Gasteiger partial charge on any atom is -0.383 e. The normalized spacial score (nSPS) is 18.0. The first-order valence-corrected chi connectivity index (χ1v) is 10.2. The number of hydrogen-bond donors (Lipinski definition) is 3. The van der Waals surface area contributed by atoms with E-state index in [0.29, 0.717) is 11.7 Å². The number of sulfonamides is 1.